The van der Waals surface area contributed by atoms with Crippen molar-refractivity contribution in [2.75, 3.05) is 4.90 Å². The molecule has 2 atom stereocenters. The minimum absolute atomic E-state index is 0.0723. The number of anilines is 2. The van der Waals surface area contributed by atoms with Crippen molar-refractivity contribution in [1.29, 1.82) is 0 Å². The molecule has 3 heterocycles. The second-order valence-electron chi connectivity index (χ2n) is 14.4. The first-order valence-electron chi connectivity index (χ1n) is 19.0. The molecule has 264 valence electrons. The molecule has 9 aromatic rings. The molecule has 2 unspecified atom stereocenters. The second kappa shape index (κ2) is 13.2. The number of nitrogens with zero attached hydrogens (tertiary/aromatic N) is 4. The zero-order valence-electron chi connectivity index (χ0n) is 30.3. The van der Waals surface area contributed by atoms with Crippen LogP contribution < -0.4 is 4.90 Å². The average molecular weight is 719 g/mol. The standard InChI is InChI=1S/C51H34N4O/c1-4-13-33(14-5-1)37-19-12-20-38(31-37)34-23-26-40(27-24-34)55-43-22-11-10-21-41(43)47-44(55)28-30-46-48(47)42-32-39(25-29-45(42)56-46)51-53-49(35-15-6-2-7-16-35)52-50(54-51)36-17-8-3-9-18-36/h1-32,44,47H. The monoisotopic (exact) mass is 718 g/mol. The fourth-order valence-electron chi connectivity index (χ4n) is 8.46. The summed E-state index contributed by atoms with van der Waals surface area (Å²) in [4.78, 5) is 17.5. The van der Waals surface area contributed by atoms with Gasteiger partial charge in [-0.15, -0.1) is 0 Å². The van der Waals surface area contributed by atoms with Gasteiger partial charge in [-0.3, -0.25) is 0 Å². The molecule has 0 spiro atoms. The van der Waals surface area contributed by atoms with Gasteiger partial charge in [-0.25, -0.2) is 15.0 Å². The van der Waals surface area contributed by atoms with Crippen LogP contribution in [0.3, 0.4) is 0 Å². The van der Waals surface area contributed by atoms with E-state index in [2.05, 4.69) is 138 Å². The van der Waals surface area contributed by atoms with Gasteiger partial charge in [0.15, 0.2) is 17.5 Å². The molecule has 1 aliphatic heterocycles. The highest BCUT2D eigenvalue weighted by molar-refractivity contribution is 5.93. The average Bonchev–Trinajstić information content (AvgIpc) is 3.82. The van der Waals surface area contributed by atoms with Crippen LogP contribution in [-0.2, 0) is 0 Å². The Hall–Kier alpha value is -7.37. The third-order valence-corrected chi connectivity index (χ3v) is 11.1. The highest BCUT2D eigenvalue weighted by Gasteiger charge is 2.43. The Kier molecular flexibility index (Phi) is 7.56. The van der Waals surface area contributed by atoms with Crippen LogP contribution in [-0.4, -0.2) is 21.0 Å². The lowest BCUT2D eigenvalue weighted by molar-refractivity contribution is 0.584. The molecule has 0 amide bonds. The second-order valence-corrected chi connectivity index (χ2v) is 14.4. The molecule has 7 aromatic carbocycles. The summed E-state index contributed by atoms with van der Waals surface area (Å²) in [6.45, 7) is 0. The maximum Gasteiger partial charge on any atom is 0.164 e. The van der Waals surface area contributed by atoms with E-state index in [1.54, 1.807) is 0 Å². The highest BCUT2D eigenvalue weighted by atomic mass is 16.3. The summed E-state index contributed by atoms with van der Waals surface area (Å²) in [6, 6.07) is 63.7. The zero-order chi connectivity index (χ0) is 37.0. The Bertz CT molecular complexity index is 2860. The predicted octanol–water partition coefficient (Wildman–Crippen LogP) is 12.6. The first kappa shape index (κ1) is 32.1. The number of fused-ring (bicyclic) bond motifs is 7. The molecule has 0 saturated heterocycles. The van der Waals surface area contributed by atoms with Gasteiger partial charge in [-0.05, 0) is 76.4 Å². The van der Waals surface area contributed by atoms with Crippen LogP contribution in [0.25, 0.3) is 73.5 Å². The van der Waals surface area contributed by atoms with Crippen LogP contribution in [0.5, 0.6) is 0 Å². The maximum atomic E-state index is 6.58. The van der Waals surface area contributed by atoms with Gasteiger partial charge in [-0.2, -0.15) is 0 Å². The fourth-order valence-corrected chi connectivity index (χ4v) is 8.46. The molecule has 2 aromatic heterocycles. The maximum absolute atomic E-state index is 6.58. The quantitative estimate of drug-likeness (QED) is 0.171. The lowest BCUT2D eigenvalue weighted by atomic mass is 9.82. The topological polar surface area (TPSA) is 55.1 Å². The van der Waals surface area contributed by atoms with Gasteiger partial charge < -0.3 is 9.32 Å². The largest absolute Gasteiger partial charge is 0.456 e. The minimum atomic E-state index is 0.0723. The Balaban J connectivity index is 0.985. The van der Waals surface area contributed by atoms with Crippen molar-refractivity contribution in [2.24, 2.45) is 0 Å². The normalized spacial score (nSPS) is 15.4. The summed E-state index contributed by atoms with van der Waals surface area (Å²) in [5.41, 5.74) is 13.3. The minimum Gasteiger partial charge on any atom is -0.456 e. The SMILES string of the molecule is C1=CC2C(c3ccccc3N2c2ccc(-c3cccc(-c4ccccc4)c3)cc2)c2c1oc1ccc(-c3nc(-c4ccccc4)nc(-c4ccccc4)n3)cc21. The first-order chi connectivity index (χ1) is 27.7. The summed E-state index contributed by atoms with van der Waals surface area (Å²) in [7, 11) is 0. The van der Waals surface area contributed by atoms with E-state index in [1.165, 1.54) is 39.1 Å². The Morgan fingerprint density at radius 3 is 1.64 bits per heavy atom. The van der Waals surface area contributed by atoms with E-state index in [4.69, 9.17) is 19.4 Å². The van der Waals surface area contributed by atoms with Crippen LogP contribution in [0, 0.1) is 0 Å². The van der Waals surface area contributed by atoms with Crippen molar-refractivity contribution >= 4 is 28.4 Å². The molecule has 0 radical (unpaired) electrons. The fraction of sp³-hybridized carbons (Fsp3) is 0.0392. The van der Waals surface area contributed by atoms with Crippen molar-refractivity contribution in [3.8, 4) is 56.4 Å². The number of rotatable bonds is 6. The molecular weight excluding hydrogens is 685 g/mol. The lowest BCUT2D eigenvalue weighted by Crippen LogP contribution is -2.30. The molecule has 0 bridgehead atoms. The molecule has 5 nitrogen and oxygen atoms in total. The van der Waals surface area contributed by atoms with Gasteiger partial charge in [0.1, 0.15) is 11.3 Å². The van der Waals surface area contributed by atoms with Gasteiger partial charge in [-0.1, -0.05) is 146 Å². The highest BCUT2D eigenvalue weighted by Crippen LogP contribution is 2.53. The van der Waals surface area contributed by atoms with Gasteiger partial charge >= 0.3 is 0 Å². The number of benzene rings is 7. The number of hydrogen-bond acceptors (Lipinski definition) is 5. The summed E-state index contributed by atoms with van der Waals surface area (Å²) in [5.74, 6) is 2.88. The molecule has 0 N–H and O–H groups in total. The van der Waals surface area contributed by atoms with Crippen LogP contribution >= 0.6 is 0 Å². The van der Waals surface area contributed by atoms with Gasteiger partial charge in [0.05, 0.1) is 6.04 Å². The Morgan fingerprint density at radius 2 is 0.982 bits per heavy atom. The molecule has 2 aliphatic rings. The van der Waals surface area contributed by atoms with Crippen molar-refractivity contribution < 1.29 is 4.42 Å². The third-order valence-electron chi connectivity index (χ3n) is 11.1. The van der Waals surface area contributed by atoms with Crippen molar-refractivity contribution in [1.82, 2.24) is 15.0 Å². The molecule has 56 heavy (non-hydrogen) atoms. The van der Waals surface area contributed by atoms with E-state index >= 15 is 0 Å². The van der Waals surface area contributed by atoms with Gasteiger partial charge in [0.25, 0.3) is 0 Å². The van der Waals surface area contributed by atoms with Crippen LogP contribution in [0.2, 0.25) is 0 Å². The van der Waals surface area contributed by atoms with Crippen LogP contribution in [0.1, 0.15) is 22.8 Å². The summed E-state index contributed by atoms with van der Waals surface area (Å²) in [5, 5.41) is 1.07. The molecular formula is C51H34N4O. The summed E-state index contributed by atoms with van der Waals surface area (Å²) in [6.07, 6.45) is 4.46. The van der Waals surface area contributed by atoms with E-state index in [0.29, 0.717) is 17.5 Å². The third kappa shape index (κ3) is 5.44. The first-order valence-corrected chi connectivity index (χ1v) is 19.0. The molecule has 0 saturated carbocycles. The van der Waals surface area contributed by atoms with Crippen molar-refractivity contribution in [3.05, 3.63) is 205 Å². The van der Waals surface area contributed by atoms with E-state index in [-0.39, 0.29) is 12.0 Å². The van der Waals surface area contributed by atoms with E-state index in [0.717, 1.165) is 39.1 Å². The van der Waals surface area contributed by atoms with Crippen LogP contribution in [0.15, 0.2) is 192 Å². The lowest BCUT2D eigenvalue weighted by Gasteiger charge is -2.30. The number of aromatic nitrogens is 3. The van der Waals surface area contributed by atoms with Gasteiger partial charge in [0.2, 0.25) is 0 Å². The number of furan rings is 1. The van der Waals surface area contributed by atoms with Crippen LogP contribution in [0.4, 0.5) is 11.4 Å². The summed E-state index contributed by atoms with van der Waals surface area (Å²) < 4.78 is 6.58. The number of para-hydroxylation sites is 1. The molecule has 5 heteroatoms. The summed E-state index contributed by atoms with van der Waals surface area (Å²) >= 11 is 0. The number of hydrogen-bond donors (Lipinski definition) is 0. The van der Waals surface area contributed by atoms with E-state index in [9.17, 15) is 0 Å². The predicted molar refractivity (Wildman–Crippen MR) is 226 cm³/mol. The molecule has 0 fully saturated rings. The Labute approximate surface area is 324 Å². The van der Waals surface area contributed by atoms with Gasteiger partial charge in [0, 0.05) is 44.9 Å². The molecule has 1 aliphatic carbocycles. The smallest absolute Gasteiger partial charge is 0.164 e. The van der Waals surface area contributed by atoms with E-state index < -0.39 is 0 Å². The van der Waals surface area contributed by atoms with Crippen molar-refractivity contribution in [2.45, 2.75) is 12.0 Å². The Morgan fingerprint density at radius 1 is 0.446 bits per heavy atom. The van der Waals surface area contributed by atoms with Crippen molar-refractivity contribution in [3.63, 3.8) is 0 Å². The molecule has 11 rings (SSSR count). The van der Waals surface area contributed by atoms with E-state index in [1.807, 2.05) is 60.7 Å². The zero-order valence-corrected chi connectivity index (χ0v) is 30.3.